The van der Waals surface area contributed by atoms with Gasteiger partial charge < -0.3 is 0 Å². The highest BCUT2D eigenvalue weighted by Gasteiger charge is 2.34. The molecule has 82 valence electrons. The van der Waals surface area contributed by atoms with Gasteiger partial charge in [-0.05, 0) is 34.1 Å². The molecule has 0 unspecified atom stereocenters. The molecule has 0 bridgehead atoms. The third kappa shape index (κ3) is 3.66. The van der Waals surface area contributed by atoms with Gasteiger partial charge >= 0.3 is 6.18 Å². The van der Waals surface area contributed by atoms with E-state index in [0.717, 1.165) is 0 Å². The summed E-state index contributed by atoms with van der Waals surface area (Å²) in [6.45, 7) is 0. The standard InChI is InChI=1S/C8H3BrCl2F3N/c9-5-3-4(1-2-6(5)10)15-7(11)8(12,13)14/h1-3H. The van der Waals surface area contributed by atoms with Gasteiger partial charge in [-0.2, -0.15) is 13.2 Å². The number of alkyl halides is 3. The number of hydrogen-bond acceptors (Lipinski definition) is 1. The molecule has 0 N–H and O–H groups in total. The number of halogens is 6. The highest BCUT2D eigenvalue weighted by atomic mass is 79.9. The normalized spacial score (nSPS) is 13.1. The predicted octanol–water partition coefficient (Wildman–Crippen LogP) is 4.93. The number of aliphatic imine (C=N–C) groups is 1. The first kappa shape index (κ1) is 12.8. The Hall–Kier alpha value is -0.260. The Balaban J connectivity index is 3.04. The third-order valence-corrected chi connectivity index (χ3v) is 2.88. The van der Waals surface area contributed by atoms with Crippen molar-refractivity contribution in [3.05, 3.63) is 27.7 Å². The van der Waals surface area contributed by atoms with Crippen molar-refractivity contribution in [2.75, 3.05) is 0 Å². The fraction of sp³-hybridized carbons (Fsp3) is 0.125. The van der Waals surface area contributed by atoms with Crippen molar-refractivity contribution in [2.45, 2.75) is 6.18 Å². The van der Waals surface area contributed by atoms with Crippen LogP contribution in [0.25, 0.3) is 0 Å². The molecule has 1 nitrogen and oxygen atoms in total. The Labute approximate surface area is 102 Å². The van der Waals surface area contributed by atoms with Crippen molar-refractivity contribution in [1.82, 2.24) is 0 Å². The smallest absolute Gasteiger partial charge is 0.232 e. The van der Waals surface area contributed by atoms with Gasteiger partial charge in [-0.1, -0.05) is 23.2 Å². The van der Waals surface area contributed by atoms with E-state index in [4.69, 9.17) is 23.2 Å². The Morgan fingerprint density at radius 3 is 2.40 bits per heavy atom. The van der Waals surface area contributed by atoms with Gasteiger partial charge in [0, 0.05) is 4.47 Å². The zero-order valence-corrected chi connectivity index (χ0v) is 10.0. The van der Waals surface area contributed by atoms with E-state index in [1.54, 1.807) is 0 Å². The molecule has 0 saturated heterocycles. The predicted molar refractivity (Wildman–Crippen MR) is 58.2 cm³/mol. The summed E-state index contributed by atoms with van der Waals surface area (Å²) in [6, 6.07) is 4.10. The molecule has 0 amide bonds. The minimum Gasteiger partial charge on any atom is -0.232 e. The second-order valence-corrected chi connectivity index (χ2v) is 4.12. The monoisotopic (exact) mass is 319 g/mol. The van der Waals surface area contributed by atoms with Crippen LogP contribution < -0.4 is 0 Å². The summed E-state index contributed by atoms with van der Waals surface area (Å²) < 4.78 is 36.5. The molecular formula is C8H3BrCl2F3N. The van der Waals surface area contributed by atoms with Crippen molar-refractivity contribution in [3.8, 4) is 0 Å². The van der Waals surface area contributed by atoms with E-state index < -0.39 is 11.3 Å². The minimum atomic E-state index is -4.63. The largest absolute Gasteiger partial charge is 0.444 e. The molecular weight excluding hydrogens is 318 g/mol. The SMILES string of the molecule is FC(F)(F)C(Cl)=Nc1ccc(Cl)c(Br)c1. The topological polar surface area (TPSA) is 12.4 Å². The lowest BCUT2D eigenvalue weighted by molar-refractivity contribution is -0.0558. The number of benzene rings is 1. The van der Waals surface area contributed by atoms with Gasteiger partial charge in [0.2, 0.25) is 5.17 Å². The molecule has 1 aromatic carbocycles. The third-order valence-electron chi connectivity index (χ3n) is 1.36. The fourth-order valence-electron chi connectivity index (χ4n) is 0.731. The van der Waals surface area contributed by atoms with Crippen LogP contribution in [0.15, 0.2) is 27.7 Å². The van der Waals surface area contributed by atoms with Crippen LogP contribution in [0.2, 0.25) is 5.02 Å². The van der Waals surface area contributed by atoms with Crippen LogP contribution in [0.4, 0.5) is 18.9 Å². The van der Waals surface area contributed by atoms with Crippen molar-refractivity contribution < 1.29 is 13.2 Å². The van der Waals surface area contributed by atoms with Crippen molar-refractivity contribution >= 4 is 50.0 Å². The molecule has 1 rings (SSSR count). The molecule has 0 radical (unpaired) electrons. The summed E-state index contributed by atoms with van der Waals surface area (Å²) in [5.41, 5.74) is 0.0774. The Kier molecular flexibility index (Phi) is 4.03. The van der Waals surface area contributed by atoms with Gasteiger partial charge in [-0.15, -0.1) is 0 Å². The molecule has 0 heterocycles. The van der Waals surface area contributed by atoms with Gasteiger partial charge in [0.05, 0.1) is 10.7 Å². The second-order valence-electron chi connectivity index (χ2n) is 2.50. The van der Waals surface area contributed by atoms with Crippen LogP contribution in [0.3, 0.4) is 0 Å². The lowest BCUT2D eigenvalue weighted by atomic mass is 10.3. The fourth-order valence-corrected chi connectivity index (χ4v) is 1.31. The summed E-state index contributed by atoms with van der Waals surface area (Å²) in [5, 5.41) is -1.03. The first-order chi connectivity index (χ1) is 6.80. The molecule has 0 atom stereocenters. The van der Waals surface area contributed by atoms with Crippen molar-refractivity contribution in [2.24, 2.45) is 4.99 Å². The zero-order chi connectivity index (χ0) is 11.6. The molecule has 0 aliphatic rings. The van der Waals surface area contributed by atoms with Crippen LogP contribution in [-0.2, 0) is 0 Å². The molecule has 1 aromatic rings. The van der Waals surface area contributed by atoms with E-state index in [-0.39, 0.29) is 5.69 Å². The molecule has 15 heavy (non-hydrogen) atoms. The first-order valence-corrected chi connectivity index (χ1v) is 5.12. The molecule has 0 fully saturated rings. The summed E-state index contributed by atoms with van der Waals surface area (Å²) in [6.07, 6.45) is -4.63. The maximum absolute atomic E-state index is 12.0. The van der Waals surface area contributed by atoms with E-state index in [0.29, 0.717) is 9.50 Å². The maximum Gasteiger partial charge on any atom is 0.444 e. The van der Waals surface area contributed by atoms with Gasteiger partial charge in [0.1, 0.15) is 0 Å². The average Bonchev–Trinajstić information content (AvgIpc) is 2.10. The van der Waals surface area contributed by atoms with Gasteiger partial charge in [-0.3, -0.25) is 0 Å². The molecule has 0 spiro atoms. The number of rotatable bonds is 1. The first-order valence-electron chi connectivity index (χ1n) is 3.57. The Morgan fingerprint density at radius 1 is 1.33 bits per heavy atom. The summed E-state index contributed by atoms with van der Waals surface area (Å²) in [5.74, 6) is 0. The lowest BCUT2D eigenvalue weighted by Crippen LogP contribution is -2.16. The van der Waals surface area contributed by atoms with E-state index in [9.17, 15) is 13.2 Å². The van der Waals surface area contributed by atoms with Gasteiger partial charge in [0.15, 0.2) is 0 Å². The summed E-state index contributed by atoms with van der Waals surface area (Å²) in [7, 11) is 0. The van der Waals surface area contributed by atoms with Crippen molar-refractivity contribution in [3.63, 3.8) is 0 Å². The molecule has 0 aliphatic heterocycles. The summed E-state index contributed by atoms with van der Waals surface area (Å²) in [4.78, 5) is 3.20. The molecule has 0 aromatic heterocycles. The van der Waals surface area contributed by atoms with Gasteiger partial charge in [-0.25, -0.2) is 4.99 Å². The number of nitrogens with zero attached hydrogens (tertiary/aromatic N) is 1. The highest BCUT2D eigenvalue weighted by molar-refractivity contribution is 9.10. The van der Waals surface area contributed by atoms with Crippen LogP contribution >= 0.6 is 39.1 Å². The highest BCUT2D eigenvalue weighted by Crippen LogP contribution is 2.29. The average molecular weight is 321 g/mol. The Bertz CT molecular complexity index is 403. The summed E-state index contributed by atoms with van der Waals surface area (Å²) >= 11 is 13.7. The number of hydrogen-bond donors (Lipinski definition) is 0. The van der Waals surface area contributed by atoms with Crippen LogP contribution in [-0.4, -0.2) is 11.3 Å². The lowest BCUT2D eigenvalue weighted by Gasteiger charge is -2.03. The van der Waals surface area contributed by atoms with E-state index in [1.165, 1.54) is 18.2 Å². The van der Waals surface area contributed by atoms with Crippen LogP contribution in [0.1, 0.15) is 0 Å². The van der Waals surface area contributed by atoms with Crippen LogP contribution in [0, 0.1) is 0 Å². The molecule has 0 saturated carbocycles. The molecule has 0 aliphatic carbocycles. The molecule has 7 heteroatoms. The van der Waals surface area contributed by atoms with Gasteiger partial charge in [0.25, 0.3) is 0 Å². The van der Waals surface area contributed by atoms with E-state index in [1.807, 2.05) is 0 Å². The van der Waals surface area contributed by atoms with Crippen LogP contribution in [0.5, 0.6) is 0 Å². The minimum absolute atomic E-state index is 0.0774. The van der Waals surface area contributed by atoms with E-state index in [2.05, 4.69) is 20.9 Å². The van der Waals surface area contributed by atoms with Crippen molar-refractivity contribution in [1.29, 1.82) is 0 Å². The maximum atomic E-state index is 12.0. The quantitative estimate of drug-likeness (QED) is 0.650. The Morgan fingerprint density at radius 2 is 1.93 bits per heavy atom. The zero-order valence-electron chi connectivity index (χ0n) is 6.95. The van der Waals surface area contributed by atoms with E-state index >= 15 is 0 Å². The second kappa shape index (κ2) is 4.72.